The summed E-state index contributed by atoms with van der Waals surface area (Å²) < 4.78 is 36.4. The zero-order valence-corrected chi connectivity index (χ0v) is 10.7. The van der Waals surface area contributed by atoms with Gasteiger partial charge in [0, 0.05) is 19.0 Å². The SMILES string of the molecule is C[C@@H](SC(F)(F)F)C(=O)N1CCC(C(N)=O)CC1. The smallest absolute Gasteiger partial charge is 0.369 e. The molecule has 104 valence electrons. The third kappa shape index (κ3) is 4.40. The first-order valence-electron chi connectivity index (χ1n) is 5.53. The fourth-order valence-electron chi connectivity index (χ4n) is 1.89. The van der Waals surface area contributed by atoms with Crippen LogP contribution >= 0.6 is 11.8 Å². The van der Waals surface area contributed by atoms with Crippen LogP contribution in [0, 0.1) is 5.92 Å². The molecular weight excluding hydrogens is 269 g/mol. The molecule has 1 rings (SSSR count). The molecule has 1 heterocycles. The average Bonchev–Trinajstić information content (AvgIpc) is 2.26. The molecule has 0 aliphatic carbocycles. The highest BCUT2D eigenvalue weighted by molar-refractivity contribution is 8.01. The quantitative estimate of drug-likeness (QED) is 0.851. The minimum Gasteiger partial charge on any atom is -0.369 e. The maximum Gasteiger partial charge on any atom is 0.442 e. The minimum absolute atomic E-state index is 0.278. The lowest BCUT2D eigenvalue weighted by molar-refractivity contribution is -0.134. The number of likely N-dealkylation sites (tertiary alicyclic amines) is 1. The summed E-state index contributed by atoms with van der Waals surface area (Å²) in [6.45, 7) is 1.81. The van der Waals surface area contributed by atoms with E-state index in [1.807, 2.05) is 0 Å². The maximum absolute atomic E-state index is 12.1. The first-order valence-corrected chi connectivity index (χ1v) is 6.41. The van der Waals surface area contributed by atoms with Crippen LogP contribution < -0.4 is 5.73 Å². The Bertz CT molecular complexity index is 328. The van der Waals surface area contributed by atoms with Gasteiger partial charge in [-0.3, -0.25) is 9.59 Å². The van der Waals surface area contributed by atoms with Gasteiger partial charge in [0.15, 0.2) is 0 Å². The van der Waals surface area contributed by atoms with Gasteiger partial charge < -0.3 is 10.6 Å². The third-order valence-corrected chi connectivity index (χ3v) is 3.69. The van der Waals surface area contributed by atoms with Gasteiger partial charge in [0.25, 0.3) is 0 Å². The molecule has 1 aliphatic rings. The van der Waals surface area contributed by atoms with E-state index in [9.17, 15) is 22.8 Å². The molecule has 0 aromatic rings. The molecule has 18 heavy (non-hydrogen) atoms. The van der Waals surface area contributed by atoms with Gasteiger partial charge in [-0.25, -0.2) is 0 Å². The van der Waals surface area contributed by atoms with Gasteiger partial charge in [0.2, 0.25) is 11.8 Å². The van der Waals surface area contributed by atoms with Crippen molar-refractivity contribution in [3.8, 4) is 0 Å². The van der Waals surface area contributed by atoms with E-state index in [-0.39, 0.29) is 30.8 Å². The van der Waals surface area contributed by atoms with Gasteiger partial charge in [-0.15, -0.1) is 0 Å². The summed E-state index contributed by atoms with van der Waals surface area (Å²) >= 11 is -0.317. The number of thioether (sulfide) groups is 1. The molecular formula is C10H15F3N2O2S. The van der Waals surface area contributed by atoms with Gasteiger partial charge >= 0.3 is 5.51 Å². The van der Waals surface area contributed by atoms with E-state index < -0.39 is 22.6 Å². The van der Waals surface area contributed by atoms with Crippen molar-refractivity contribution in [1.29, 1.82) is 0 Å². The molecule has 1 aliphatic heterocycles. The summed E-state index contributed by atoms with van der Waals surface area (Å²) in [5, 5.41) is -1.16. The summed E-state index contributed by atoms with van der Waals surface area (Å²) in [6.07, 6.45) is 0.842. The van der Waals surface area contributed by atoms with Crippen molar-refractivity contribution in [1.82, 2.24) is 4.90 Å². The number of carbonyl (C=O) groups excluding carboxylic acids is 2. The van der Waals surface area contributed by atoms with Gasteiger partial charge in [0.1, 0.15) is 0 Å². The molecule has 0 saturated carbocycles. The van der Waals surface area contributed by atoms with Gasteiger partial charge in [-0.2, -0.15) is 13.2 Å². The Kier molecular flexibility index (Phi) is 4.89. The average molecular weight is 284 g/mol. The number of hydrogen-bond donors (Lipinski definition) is 1. The molecule has 2 amide bonds. The molecule has 0 bridgehead atoms. The van der Waals surface area contributed by atoms with Crippen molar-refractivity contribution in [2.45, 2.75) is 30.5 Å². The lowest BCUT2D eigenvalue weighted by atomic mass is 9.96. The van der Waals surface area contributed by atoms with Crippen LogP contribution in [0.25, 0.3) is 0 Å². The second-order valence-electron chi connectivity index (χ2n) is 4.21. The van der Waals surface area contributed by atoms with E-state index in [4.69, 9.17) is 5.73 Å². The highest BCUT2D eigenvalue weighted by Gasteiger charge is 2.36. The molecule has 0 radical (unpaired) electrons. The predicted octanol–water partition coefficient (Wildman–Crippen LogP) is 1.35. The number of nitrogens with zero attached hydrogens (tertiary/aromatic N) is 1. The Morgan fingerprint density at radius 3 is 2.22 bits per heavy atom. The second kappa shape index (κ2) is 5.81. The Morgan fingerprint density at radius 2 is 1.83 bits per heavy atom. The van der Waals surface area contributed by atoms with E-state index in [0.29, 0.717) is 12.8 Å². The Balaban J connectivity index is 2.47. The molecule has 0 aromatic carbocycles. The van der Waals surface area contributed by atoms with E-state index in [2.05, 4.69) is 0 Å². The van der Waals surface area contributed by atoms with Crippen LogP contribution in [0.15, 0.2) is 0 Å². The van der Waals surface area contributed by atoms with Gasteiger partial charge in [-0.05, 0) is 31.5 Å². The standard InChI is InChI=1S/C10H15F3N2O2S/c1-6(18-10(11,12)13)9(17)15-4-2-7(3-5-15)8(14)16/h6-7H,2-5H2,1H3,(H2,14,16)/t6-/m1/s1. The number of rotatable bonds is 3. The molecule has 0 spiro atoms. The van der Waals surface area contributed by atoms with Crippen LogP contribution in [0.3, 0.4) is 0 Å². The molecule has 1 saturated heterocycles. The first kappa shape index (κ1) is 15.1. The minimum atomic E-state index is -4.42. The van der Waals surface area contributed by atoms with Crippen molar-refractivity contribution in [3.05, 3.63) is 0 Å². The summed E-state index contributed by atoms with van der Waals surface area (Å²) in [6, 6.07) is 0. The monoisotopic (exact) mass is 284 g/mol. The second-order valence-corrected chi connectivity index (χ2v) is 5.61. The Morgan fingerprint density at radius 1 is 1.33 bits per heavy atom. The zero-order chi connectivity index (χ0) is 13.9. The number of piperidine rings is 1. The molecule has 0 aromatic heterocycles. The zero-order valence-electron chi connectivity index (χ0n) is 9.87. The predicted molar refractivity (Wildman–Crippen MR) is 61.6 cm³/mol. The van der Waals surface area contributed by atoms with Crippen LogP contribution in [0.1, 0.15) is 19.8 Å². The fourth-order valence-corrected chi connectivity index (χ4v) is 2.54. The highest BCUT2D eigenvalue weighted by atomic mass is 32.2. The number of halogens is 3. The number of nitrogens with two attached hydrogens (primary N) is 1. The summed E-state index contributed by atoms with van der Waals surface area (Å²) in [4.78, 5) is 24.0. The summed E-state index contributed by atoms with van der Waals surface area (Å²) in [5.74, 6) is -1.24. The van der Waals surface area contributed by atoms with E-state index in [1.54, 1.807) is 0 Å². The van der Waals surface area contributed by atoms with Crippen LogP contribution in [0.5, 0.6) is 0 Å². The van der Waals surface area contributed by atoms with Crippen LogP contribution in [0.2, 0.25) is 0 Å². The van der Waals surface area contributed by atoms with Crippen LogP contribution in [-0.4, -0.2) is 40.6 Å². The molecule has 2 N–H and O–H groups in total. The van der Waals surface area contributed by atoms with Crippen molar-refractivity contribution in [3.63, 3.8) is 0 Å². The normalized spacial score (nSPS) is 19.7. The lowest BCUT2D eigenvalue weighted by Gasteiger charge is -2.32. The summed E-state index contributed by atoms with van der Waals surface area (Å²) in [7, 11) is 0. The van der Waals surface area contributed by atoms with Crippen LogP contribution in [0.4, 0.5) is 13.2 Å². The van der Waals surface area contributed by atoms with Gasteiger partial charge in [-0.1, -0.05) is 0 Å². The Hall–Kier alpha value is -0.920. The first-order chi connectivity index (χ1) is 8.20. The van der Waals surface area contributed by atoms with E-state index >= 15 is 0 Å². The van der Waals surface area contributed by atoms with Crippen LogP contribution in [-0.2, 0) is 9.59 Å². The molecule has 0 unspecified atom stereocenters. The molecule has 1 fully saturated rings. The maximum atomic E-state index is 12.1. The fraction of sp³-hybridized carbons (Fsp3) is 0.800. The Labute approximate surface area is 107 Å². The van der Waals surface area contributed by atoms with E-state index in [0.717, 1.165) is 0 Å². The third-order valence-electron chi connectivity index (χ3n) is 2.87. The topological polar surface area (TPSA) is 63.4 Å². The molecule has 8 heteroatoms. The van der Waals surface area contributed by atoms with Gasteiger partial charge in [0.05, 0.1) is 5.25 Å². The lowest BCUT2D eigenvalue weighted by Crippen LogP contribution is -2.44. The summed E-state index contributed by atoms with van der Waals surface area (Å²) in [5.41, 5.74) is 0.720. The molecule has 1 atom stereocenters. The largest absolute Gasteiger partial charge is 0.442 e. The number of alkyl halides is 3. The molecule has 4 nitrogen and oxygen atoms in total. The number of amides is 2. The van der Waals surface area contributed by atoms with Crippen molar-refractivity contribution in [2.24, 2.45) is 11.7 Å². The van der Waals surface area contributed by atoms with E-state index in [1.165, 1.54) is 11.8 Å². The van der Waals surface area contributed by atoms with Crippen molar-refractivity contribution < 1.29 is 22.8 Å². The number of carbonyl (C=O) groups is 2. The number of hydrogen-bond acceptors (Lipinski definition) is 3. The van der Waals surface area contributed by atoms with Crippen molar-refractivity contribution in [2.75, 3.05) is 13.1 Å². The van der Waals surface area contributed by atoms with Crippen molar-refractivity contribution >= 4 is 23.6 Å². The number of primary amides is 1. The highest BCUT2D eigenvalue weighted by Crippen LogP contribution is 2.34.